The first-order valence-electron chi connectivity index (χ1n) is 3.00. The molecule has 0 aliphatic heterocycles. The topological polar surface area (TPSA) is 181 Å². The minimum absolute atomic E-state index is 0.310. The molecular formula is C4H10N2O7S. The second kappa shape index (κ2) is 6.26. The summed E-state index contributed by atoms with van der Waals surface area (Å²) in [7, 11) is -4.67. The second-order valence-electron chi connectivity index (χ2n) is 2.06. The highest BCUT2D eigenvalue weighted by molar-refractivity contribution is 7.79. The molecule has 0 spiro atoms. The Bertz CT molecular complexity index is 289. The fraction of sp³-hybridized carbons (Fsp3) is 0.500. The summed E-state index contributed by atoms with van der Waals surface area (Å²) in [5, 5.41) is 8.10. The maximum atomic E-state index is 9.99. The van der Waals surface area contributed by atoms with E-state index < -0.39 is 28.3 Å². The summed E-state index contributed by atoms with van der Waals surface area (Å²) in [6.07, 6.45) is -0.310. The van der Waals surface area contributed by atoms with Crippen molar-refractivity contribution in [2.75, 3.05) is 0 Å². The van der Waals surface area contributed by atoms with Crippen LogP contribution in [0.5, 0.6) is 0 Å². The summed E-state index contributed by atoms with van der Waals surface area (Å²) in [5.74, 6) is -1.92. The number of nitrogens with two attached hydrogens (primary N) is 2. The lowest BCUT2D eigenvalue weighted by molar-refractivity contribution is -0.140. The predicted molar refractivity (Wildman–Crippen MR) is 43.6 cm³/mol. The minimum atomic E-state index is -4.67. The maximum Gasteiger partial charge on any atom is 0.394 e. The molecule has 0 saturated carbocycles. The quantitative estimate of drug-likeness (QED) is 0.333. The maximum absolute atomic E-state index is 9.99. The summed E-state index contributed by atoms with van der Waals surface area (Å²) in [5.41, 5.74) is 9.57. The largest absolute Gasteiger partial charge is 0.480 e. The van der Waals surface area contributed by atoms with Gasteiger partial charge in [-0.05, 0) is 0 Å². The van der Waals surface area contributed by atoms with Crippen LogP contribution < -0.4 is 11.5 Å². The van der Waals surface area contributed by atoms with Crippen molar-refractivity contribution in [1.29, 1.82) is 0 Å². The lowest BCUT2D eigenvalue weighted by Crippen LogP contribution is -2.34. The van der Waals surface area contributed by atoms with Gasteiger partial charge < -0.3 is 16.6 Å². The number of carboxylic acids is 1. The van der Waals surface area contributed by atoms with E-state index in [9.17, 15) is 9.59 Å². The van der Waals surface area contributed by atoms with Crippen LogP contribution in [0, 0.1) is 0 Å². The fourth-order valence-electron chi connectivity index (χ4n) is 0.304. The zero-order valence-corrected chi connectivity index (χ0v) is 7.64. The number of carboxylic acid groups (broad SMARTS) is 1. The van der Waals surface area contributed by atoms with Crippen LogP contribution in [0.25, 0.3) is 0 Å². The van der Waals surface area contributed by atoms with Crippen molar-refractivity contribution < 1.29 is 32.2 Å². The number of carbonyl (C=O) groups excluding carboxylic acids is 1. The Kier molecular flexibility index (Phi) is 6.82. The van der Waals surface area contributed by atoms with Crippen LogP contribution in [-0.4, -0.2) is 40.5 Å². The van der Waals surface area contributed by atoms with Crippen LogP contribution in [0.3, 0.4) is 0 Å². The summed E-state index contributed by atoms with van der Waals surface area (Å²) in [6, 6.07) is -1.16. The molecule has 0 aliphatic rings. The van der Waals surface area contributed by atoms with Crippen molar-refractivity contribution >= 4 is 22.3 Å². The average Bonchev–Trinajstić information content (AvgIpc) is 1.80. The molecular weight excluding hydrogens is 220 g/mol. The van der Waals surface area contributed by atoms with Crippen LogP contribution in [0.1, 0.15) is 6.42 Å². The lowest BCUT2D eigenvalue weighted by Gasteiger charge is -1.99. The molecule has 0 aromatic rings. The normalized spacial score (nSPS) is 12.2. The zero-order chi connectivity index (χ0) is 11.9. The smallest absolute Gasteiger partial charge is 0.394 e. The molecule has 0 aliphatic carbocycles. The molecule has 0 rings (SSSR count). The first kappa shape index (κ1) is 15.3. The Morgan fingerprint density at radius 2 is 1.57 bits per heavy atom. The summed E-state index contributed by atoms with van der Waals surface area (Å²) >= 11 is 0. The summed E-state index contributed by atoms with van der Waals surface area (Å²) in [4.78, 5) is 19.9. The van der Waals surface area contributed by atoms with Gasteiger partial charge in [0, 0.05) is 0 Å². The zero-order valence-electron chi connectivity index (χ0n) is 6.82. The van der Waals surface area contributed by atoms with Crippen LogP contribution in [0.2, 0.25) is 0 Å². The first-order chi connectivity index (χ1) is 6.04. The molecule has 0 aromatic heterocycles. The van der Waals surface area contributed by atoms with E-state index in [0.717, 1.165) is 0 Å². The van der Waals surface area contributed by atoms with E-state index in [1.165, 1.54) is 0 Å². The van der Waals surface area contributed by atoms with E-state index in [-0.39, 0.29) is 6.42 Å². The van der Waals surface area contributed by atoms with Gasteiger partial charge in [0.2, 0.25) is 5.91 Å². The van der Waals surface area contributed by atoms with Crippen LogP contribution in [0.15, 0.2) is 0 Å². The molecule has 0 bridgehead atoms. The van der Waals surface area contributed by atoms with E-state index in [1.807, 2.05) is 0 Å². The number of aliphatic carboxylic acids is 1. The lowest BCUT2D eigenvalue weighted by atomic mass is 10.2. The summed E-state index contributed by atoms with van der Waals surface area (Å²) in [6.45, 7) is 0. The monoisotopic (exact) mass is 230 g/mol. The molecule has 7 N–H and O–H groups in total. The molecule has 0 radical (unpaired) electrons. The Balaban J connectivity index is 0. The average molecular weight is 230 g/mol. The van der Waals surface area contributed by atoms with Crippen LogP contribution >= 0.6 is 0 Å². The van der Waals surface area contributed by atoms with Gasteiger partial charge in [0.1, 0.15) is 6.04 Å². The molecule has 9 nitrogen and oxygen atoms in total. The Morgan fingerprint density at radius 3 is 1.64 bits per heavy atom. The molecule has 10 heteroatoms. The standard InChI is InChI=1S/C4H8N2O3.H2O4S/c5-2(4(8)9)1-3(6)7;1-5(2,3)4/h2H,1,5H2,(H2,6,7)(H,8,9);(H2,1,2,3,4)/t2-;/m0./s1. The molecule has 0 heterocycles. The van der Waals surface area contributed by atoms with E-state index in [4.69, 9.17) is 28.4 Å². The number of hydrogen-bond donors (Lipinski definition) is 5. The minimum Gasteiger partial charge on any atom is -0.480 e. The molecule has 84 valence electrons. The Hall–Kier alpha value is -1.23. The third kappa shape index (κ3) is 22.4. The van der Waals surface area contributed by atoms with Crippen molar-refractivity contribution in [3.63, 3.8) is 0 Å². The van der Waals surface area contributed by atoms with Gasteiger partial charge in [-0.1, -0.05) is 0 Å². The second-order valence-corrected chi connectivity index (χ2v) is 2.96. The fourth-order valence-corrected chi connectivity index (χ4v) is 0.304. The number of hydrogen-bond acceptors (Lipinski definition) is 5. The number of rotatable bonds is 3. The third-order valence-corrected chi connectivity index (χ3v) is 0.738. The predicted octanol–water partition coefficient (Wildman–Crippen LogP) is -2.38. The molecule has 1 amide bonds. The Morgan fingerprint density at radius 1 is 1.29 bits per heavy atom. The van der Waals surface area contributed by atoms with Crippen molar-refractivity contribution in [2.45, 2.75) is 12.5 Å². The molecule has 0 saturated heterocycles. The molecule has 0 unspecified atom stereocenters. The first-order valence-corrected chi connectivity index (χ1v) is 4.40. The van der Waals surface area contributed by atoms with Gasteiger partial charge in [0.05, 0.1) is 6.42 Å². The SMILES string of the molecule is NC(=O)C[C@H](N)C(=O)O.O=S(=O)(O)O. The van der Waals surface area contributed by atoms with Crippen LogP contribution in [0.4, 0.5) is 0 Å². The van der Waals surface area contributed by atoms with Gasteiger partial charge in [0.15, 0.2) is 0 Å². The van der Waals surface area contributed by atoms with Crippen LogP contribution in [-0.2, 0) is 20.0 Å². The van der Waals surface area contributed by atoms with E-state index >= 15 is 0 Å². The van der Waals surface area contributed by atoms with E-state index in [0.29, 0.717) is 0 Å². The molecule has 1 atom stereocenters. The molecule has 0 aromatic carbocycles. The van der Waals surface area contributed by atoms with Gasteiger partial charge in [-0.2, -0.15) is 8.42 Å². The summed E-state index contributed by atoms with van der Waals surface area (Å²) < 4.78 is 31.6. The Labute approximate surface area is 79.3 Å². The van der Waals surface area contributed by atoms with Gasteiger partial charge in [0.25, 0.3) is 0 Å². The highest BCUT2D eigenvalue weighted by atomic mass is 32.3. The van der Waals surface area contributed by atoms with Crippen molar-refractivity contribution in [1.82, 2.24) is 0 Å². The van der Waals surface area contributed by atoms with Crippen molar-refractivity contribution in [3.05, 3.63) is 0 Å². The van der Waals surface area contributed by atoms with Gasteiger partial charge in [-0.3, -0.25) is 18.7 Å². The highest BCUT2D eigenvalue weighted by Crippen LogP contribution is 1.84. The van der Waals surface area contributed by atoms with Gasteiger partial charge >= 0.3 is 16.4 Å². The van der Waals surface area contributed by atoms with Crippen molar-refractivity contribution in [2.24, 2.45) is 11.5 Å². The van der Waals surface area contributed by atoms with Gasteiger partial charge in [-0.15, -0.1) is 0 Å². The van der Waals surface area contributed by atoms with E-state index in [2.05, 4.69) is 5.73 Å². The third-order valence-electron chi connectivity index (χ3n) is 0.738. The molecule has 14 heavy (non-hydrogen) atoms. The van der Waals surface area contributed by atoms with Gasteiger partial charge in [-0.25, -0.2) is 0 Å². The number of amides is 1. The molecule has 0 fully saturated rings. The highest BCUT2D eigenvalue weighted by Gasteiger charge is 2.13. The number of primary amides is 1. The van der Waals surface area contributed by atoms with Crippen molar-refractivity contribution in [3.8, 4) is 0 Å². The number of carbonyl (C=O) groups is 2. The van der Waals surface area contributed by atoms with E-state index in [1.54, 1.807) is 0 Å².